The molecule has 0 aromatic carbocycles. The Balaban J connectivity index is 0.983. The minimum Gasteiger partial charge on any atom is -0.388 e. The first-order valence-electron chi connectivity index (χ1n) is 19.7. The van der Waals surface area contributed by atoms with Gasteiger partial charge in [-0.2, -0.15) is 0 Å². The van der Waals surface area contributed by atoms with E-state index in [2.05, 4.69) is 37.6 Å². The van der Waals surface area contributed by atoms with Crippen LogP contribution in [0.25, 0.3) is 0 Å². The summed E-state index contributed by atoms with van der Waals surface area (Å²) in [4.78, 5) is 4.97. The van der Waals surface area contributed by atoms with Gasteiger partial charge in [0.05, 0.1) is 42.2 Å². The monoisotopic (exact) mass is 674 g/mol. The van der Waals surface area contributed by atoms with Crippen LogP contribution in [0.2, 0.25) is 0 Å². The van der Waals surface area contributed by atoms with Crippen molar-refractivity contribution in [1.29, 1.82) is 0 Å². The molecule has 8 rings (SSSR count). The molecule has 9 nitrogen and oxygen atoms in total. The highest BCUT2D eigenvalue weighted by Gasteiger charge is 2.85. The molecule has 274 valence electrons. The first-order valence-corrected chi connectivity index (χ1v) is 19.7. The summed E-state index contributed by atoms with van der Waals surface area (Å²) in [6.07, 6.45) is 8.16. The molecule has 0 amide bonds. The number of fused-ring (bicyclic) bond motifs is 4. The molecule has 0 aromatic rings. The third-order valence-electron chi connectivity index (χ3n) is 16.4. The quantitative estimate of drug-likeness (QED) is 0.352. The highest BCUT2D eigenvalue weighted by molar-refractivity contribution is 5.35. The topological polar surface area (TPSA) is 110 Å². The molecule has 3 saturated heterocycles. The van der Waals surface area contributed by atoms with E-state index in [-0.39, 0.29) is 46.8 Å². The number of rotatable bonds is 8. The van der Waals surface area contributed by atoms with Crippen LogP contribution in [-0.4, -0.2) is 121 Å². The van der Waals surface area contributed by atoms with Crippen LogP contribution in [0.4, 0.5) is 0 Å². The highest BCUT2D eigenvalue weighted by Crippen LogP contribution is 2.87. The van der Waals surface area contributed by atoms with E-state index in [1.807, 2.05) is 6.92 Å². The number of morpholine rings is 1. The third kappa shape index (κ3) is 4.80. The third-order valence-corrected chi connectivity index (χ3v) is 16.4. The lowest BCUT2D eigenvalue weighted by Gasteiger charge is -2.63. The molecule has 5 saturated carbocycles. The molecule has 48 heavy (non-hydrogen) atoms. The van der Waals surface area contributed by atoms with Crippen molar-refractivity contribution in [3.8, 4) is 0 Å². The molecule has 4 N–H and O–H groups in total. The molecule has 8 fully saturated rings. The van der Waals surface area contributed by atoms with Gasteiger partial charge in [-0.1, -0.05) is 20.8 Å². The van der Waals surface area contributed by atoms with Gasteiger partial charge >= 0.3 is 0 Å². The second-order valence-corrected chi connectivity index (χ2v) is 19.5. The van der Waals surface area contributed by atoms with Crippen molar-refractivity contribution in [2.45, 2.75) is 147 Å². The van der Waals surface area contributed by atoms with Crippen LogP contribution in [-0.2, 0) is 18.9 Å². The summed E-state index contributed by atoms with van der Waals surface area (Å²) in [6.45, 7) is 19.7. The van der Waals surface area contributed by atoms with E-state index in [1.165, 1.54) is 32.4 Å². The van der Waals surface area contributed by atoms with Crippen molar-refractivity contribution in [2.24, 2.45) is 51.1 Å². The van der Waals surface area contributed by atoms with Gasteiger partial charge in [-0.15, -0.1) is 0 Å². The molecule has 3 aliphatic heterocycles. The van der Waals surface area contributed by atoms with Gasteiger partial charge in [0.1, 0.15) is 6.10 Å². The largest absolute Gasteiger partial charge is 0.388 e. The molecular formula is C39H67N3O6. The Labute approximate surface area is 289 Å². The lowest BCUT2D eigenvalue weighted by molar-refractivity contribution is -0.247. The van der Waals surface area contributed by atoms with Gasteiger partial charge in [0.15, 0.2) is 6.29 Å². The van der Waals surface area contributed by atoms with E-state index in [1.54, 1.807) is 13.8 Å². The minimum absolute atomic E-state index is 0.0571. The maximum absolute atomic E-state index is 12.4. The van der Waals surface area contributed by atoms with Gasteiger partial charge < -0.3 is 39.8 Å². The molecule has 0 radical (unpaired) electrons. The summed E-state index contributed by atoms with van der Waals surface area (Å²) in [5.74, 6) is 1.90. The summed E-state index contributed by atoms with van der Waals surface area (Å²) in [6, 6.07) is 0. The summed E-state index contributed by atoms with van der Waals surface area (Å²) >= 11 is 0. The second-order valence-electron chi connectivity index (χ2n) is 19.5. The fourth-order valence-corrected chi connectivity index (χ4v) is 14.2. The number of nitrogens with zero attached hydrogens (tertiary/aromatic N) is 2. The summed E-state index contributed by atoms with van der Waals surface area (Å²) in [7, 11) is 2.21. The predicted molar refractivity (Wildman–Crippen MR) is 184 cm³/mol. The maximum atomic E-state index is 12.4. The molecular weight excluding hydrogens is 606 g/mol. The first-order chi connectivity index (χ1) is 22.6. The van der Waals surface area contributed by atoms with Gasteiger partial charge in [0, 0.05) is 39.3 Å². The van der Waals surface area contributed by atoms with Crippen molar-refractivity contribution in [1.82, 2.24) is 9.80 Å². The Kier molecular flexibility index (Phi) is 8.37. The molecule has 3 heterocycles. The molecule has 13 unspecified atom stereocenters. The van der Waals surface area contributed by atoms with Crippen molar-refractivity contribution < 1.29 is 29.2 Å². The molecule has 0 aromatic heterocycles. The van der Waals surface area contributed by atoms with Gasteiger partial charge in [0.2, 0.25) is 0 Å². The predicted octanol–water partition coefficient (Wildman–Crippen LogP) is 4.03. The number of hydrogen-bond donors (Lipinski definition) is 3. The van der Waals surface area contributed by atoms with Gasteiger partial charge in [-0.25, -0.2) is 0 Å². The highest BCUT2D eigenvalue weighted by atomic mass is 16.7. The average molecular weight is 674 g/mol. The summed E-state index contributed by atoms with van der Waals surface area (Å²) < 4.78 is 26.1. The molecule has 8 aliphatic rings. The normalized spacial score (nSPS) is 51.1. The molecule has 2 spiro atoms. The lowest BCUT2D eigenvalue weighted by atomic mass is 9.44. The molecule has 9 heteroatoms. The number of nitrogens with two attached hydrogens (primary N) is 1. The molecule has 0 bridgehead atoms. The summed E-state index contributed by atoms with van der Waals surface area (Å²) in [5.41, 5.74) is 6.47. The smallest absolute Gasteiger partial charge is 0.170 e. The van der Waals surface area contributed by atoms with E-state index >= 15 is 0 Å². The van der Waals surface area contributed by atoms with Crippen molar-refractivity contribution in [3.63, 3.8) is 0 Å². The van der Waals surface area contributed by atoms with E-state index in [9.17, 15) is 10.2 Å². The van der Waals surface area contributed by atoms with Crippen LogP contribution < -0.4 is 5.73 Å². The van der Waals surface area contributed by atoms with E-state index in [0.717, 1.165) is 70.7 Å². The fourth-order valence-electron chi connectivity index (χ4n) is 14.2. The van der Waals surface area contributed by atoms with Gasteiger partial charge in [0.25, 0.3) is 0 Å². The Morgan fingerprint density at radius 1 is 0.979 bits per heavy atom. The number of ether oxygens (including phenoxy) is 4. The van der Waals surface area contributed by atoms with Crippen LogP contribution in [0.15, 0.2) is 0 Å². The lowest BCUT2D eigenvalue weighted by Crippen LogP contribution is -2.70. The van der Waals surface area contributed by atoms with Crippen LogP contribution in [0.3, 0.4) is 0 Å². The Bertz CT molecular complexity index is 1220. The van der Waals surface area contributed by atoms with Crippen molar-refractivity contribution in [2.75, 3.05) is 53.0 Å². The van der Waals surface area contributed by atoms with Crippen molar-refractivity contribution >= 4 is 0 Å². The van der Waals surface area contributed by atoms with Gasteiger partial charge in [-0.05, 0) is 131 Å². The number of likely N-dealkylation sites (tertiary alicyclic amines) is 1. The second kappa shape index (κ2) is 11.6. The van der Waals surface area contributed by atoms with Gasteiger partial charge in [-0.3, -0.25) is 4.90 Å². The van der Waals surface area contributed by atoms with Crippen LogP contribution in [0, 0.1) is 45.3 Å². The zero-order valence-corrected chi connectivity index (χ0v) is 31.1. The fraction of sp³-hybridized carbons (Fsp3) is 1.00. The van der Waals surface area contributed by atoms with E-state index in [4.69, 9.17) is 24.7 Å². The van der Waals surface area contributed by atoms with Crippen LogP contribution >= 0.6 is 0 Å². The molecule has 5 aliphatic carbocycles. The Morgan fingerprint density at radius 3 is 2.42 bits per heavy atom. The first kappa shape index (κ1) is 34.7. The molecule has 13 atom stereocenters. The van der Waals surface area contributed by atoms with E-state index < -0.39 is 23.3 Å². The van der Waals surface area contributed by atoms with Crippen LogP contribution in [0.5, 0.6) is 0 Å². The van der Waals surface area contributed by atoms with Crippen LogP contribution in [0.1, 0.15) is 99.3 Å². The number of hydrogen-bond acceptors (Lipinski definition) is 9. The maximum Gasteiger partial charge on any atom is 0.170 e. The minimum atomic E-state index is -1.03. The zero-order valence-electron chi connectivity index (χ0n) is 31.1. The Morgan fingerprint density at radius 2 is 1.71 bits per heavy atom. The van der Waals surface area contributed by atoms with E-state index in [0.29, 0.717) is 23.9 Å². The average Bonchev–Trinajstić information content (AvgIpc) is 3.65. The SMILES string of the molecule is CCOC(C1CCC2C(O1)C(O)C1(N)C3CCC4C(C)(C)C(OC5CN(CC6CN(C)C6)CCO5)CCC45CC35CCC21C)C(C)(C)O. The van der Waals surface area contributed by atoms with Crippen molar-refractivity contribution in [3.05, 3.63) is 0 Å². The standard InChI is InChI=1S/C39H67N3O6/c1-8-45-33(35(4,5)44)26-10-9-25-31(47-26)32(43)39(40)28-12-11-27-34(2,3)29(13-14-37(27)23-38(28,37)16-15-36(25,39)6)48-30-22-42(17-18-46-30)21-24-19-41(7)20-24/h24-33,43-44H,8-23,40H2,1-7H3. The summed E-state index contributed by atoms with van der Waals surface area (Å²) in [5, 5.41) is 23.4. The Hall–Kier alpha value is -0.360. The number of aliphatic hydroxyl groups is 2. The zero-order chi connectivity index (χ0) is 34.1. The number of aliphatic hydroxyl groups excluding tert-OH is 1.